The van der Waals surface area contributed by atoms with E-state index in [1.54, 1.807) is 12.1 Å². The zero-order valence-electron chi connectivity index (χ0n) is 9.12. The zero-order chi connectivity index (χ0) is 11.3. The molecule has 1 N–H and O–H groups in total. The fraction of sp³-hybridized carbons (Fsp3) is 0.417. The number of aliphatic hydroxyl groups is 1. The highest BCUT2D eigenvalue weighted by atomic mass is 16.5. The van der Waals surface area contributed by atoms with Gasteiger partial charge >= 0.3 is 5.97 Å². The number of carbonyl (C=O) groups is 1. The fourth-order valence-electron chi connectivity index (χ4n) is 1.30. The Balaban J connectivity index is 2.73. The van der Waals surface area contributed by atoms with Crippen LogP contribution in [0.3, 0.4) is 0 Å². The summed E-state index contributed by atoms with van der Waals surface area (Å²) in [5.41, 5.74) is 1.69. The maximum Gasteiger partial charge on any atom is 0.311 e. The van der Waals surface area contributed by atoms with E-state index in [1.165, 1.54) is 0 Å². The molecule has 0 amide bonds. The third kappa shape index (κ3) is 3.36. The average molecular weight is 208 g/mol. The van der Waals surface area contributed by atoms with Gasteiger partial charge in [-0.3, -0.25) is 4.79 Å². The zero-order valence-corrected chi connectivity index (χ0v) is 9.12. The molecule has 0 aliphatic carbocycles. The van der Waals surface area contributed by atoms with E-state index in [0.717, 1.165) is 17.5 Å². The van der Waals surface area contributed by atoms with Gasteiger partial charge in [-0.15, -0.1) is 0 Å². The molecular formula is C12H16O3. The van der Waals surface area contributed by atoms with Gasteiger partial charge in [-0.2, -0.15) is 0 Å². The number of rotatable bonds is 4. The van der Waals surface area contributed by atoms with Gasteiger partial charge in [0.25, 0.3) is 0 Å². The maximum atomic E-state index is 11.2. The van der Waals surface area contributed by atoms with Gasteiger partial charge in [0.1, 0.15) is 5.75 Å². The summed E-state index contributed by atoms with van der Waals surface area (Å²) in [4.78, 5) is 11.2. The van der Waals surface area contributed by atoms with Crippen LogP contribution >= 0.6 is 0 Å². The van der Waals surface area contributed by atoms with Crippen LogP contribution in [0.25, 0.3) is 0 Å². The van der Waals surface area contributed by atoms with Crippen LogP contribution in [-0.4, -0.2) is 11.1 Å². The van der Waals surface area contributed by atoms with Crippen LogP contribution in [0.1, 0.15) is 30.9 Å². The second-order valence-corrected chi connectivity index (χ2v) is 3.48. The second-order valence-electron chi connectivity index (χ2n) is 3.48. The number of aliphatic hydroxyl groups excluding tert-OH is 1. The minimum Gasteiger partial charge on any atom is -0.426 e. The van der Waals surface area contributed by atoms with E-state index < -0.39 is 0 Å². The van der Waals surface area contributed by atoms with Crippen LogP contribution in [0.2, 0.25) is 0 Å². The molecule has 0 bridgehead atoms. The van der Waals surface area contributed by atoms with Crippen molar-refractivity contribution in [3.63, 3.8) is 0 Å². The summed E-state index contributed by atoms with van der Waals surface area (Å²) in [7, 11) is 0. The van der Waals surface area contributed by atoms with Crippen LogP contribution in [0.4, 0.5) is 0 Å². The van der Waals surface area contributed by atoms with Crippen LogP contribution in [0.5, 0.6) is 5.75 Å². The first-order valence-corrected chi connectivity index (χ1v) is 5.08. The monoisotopic (exact) mass is 208 g/mol. The van der Waals surface area contributed by atoms with Gasteiger partial charge in [-0.05, 0) is 30.5 Å². The number of aryl methyl sites for hydroxylation is 1. The number of carbonyl (C=O) groups excluding carboxylic acids is 1. The van der Waals surface area contributed by atoms with Crippen molar-refractivity contribution < 1.29 is 14.6 Å². The first-order valence-electron chi connectivity index (χ1n) is 5.08. The normalized spacial score (nSPS) is 10.1. The highest BCUT2D eigenvalue weighted by molar-refractivity contribution is 5.72. The molecule has 15 heavy (non-hydrogen) atoms. The standard InChI is InChI=1S/C12H16O3/c1-3-4-12(14)15-11-6-5-10(8-13)7-9(11)2/h5-7,13H,3-4,8H2,1-2H3. The summed E-state index contributed by atoms with van der Waals surface area (Å²) in [5, 5.41) is 8.91. The lowest BCUT2D eigenvalue weighted by atomic mass is 10.1. The SMILES string of the molecule is CCCC(=O)Oc1ccc(CO)cc1C. The minimum atomic E-state index is -0.211. The van der Waals surface area contributed by atoms with Crippen molar-refractivity contribution in [2.24, 2.45) is 0 Å². The van der Waals surface area contributed by atoms with Gasteiger partial charge in [0, 0.05) is 6.42 Å². The Morgan fingerprint density at radius 1 is 1.47 bits per heavy atom. The number of hydrogen-bond donors (Lipinski definition) is 1. The lowest BCUT2D eigenvalue weighted by Gasteiger charge is -2.07. The molecule has 82 valence electrons. The average Bonchev–Trinajstić information content (AvgIpc) is 2.21. The van der Waals surface area contributed by atoms with E-state index in [0.29, 0.717) is 12.2 Å². The van der Waals surface area contributed by atoms with Gasteiger partial charge in [0.15, 0.2) is 0 Å². The molecule has 1 aromatic rings. The molecule has 3 nitrogen and oxygen atoms in total. The summed E-state index contributed by atoms with van der Waals surface area (Å²) < 4.78 is 5.16. The predicted octanol–water partition coefficient (Wildman–Crippen LogP) is 2.19. The number of hydrogen-bond acceptors (Lipinski definition) is 3. The number of benzene rings is 1. The minimum absolute atomic E-state index is 0.00399. The molecule has 1 aromatic carbocycles. The Bertz CT molecular complexity index is 345. The molecule has 0 saturated heterocycles. The molecule has 0 aliphatic rings. The lowest BCUT2D eigenvalue weighted by Crippen LogP contribution is -2.07. The first-order chi connectivity index (χ1) is 7.17. The molecule has 0 heterocycles. The highest BCUT2D eigenvalue weighted by Gasteiger charge is 2.06. The fourth-order valence-corrected chi connectivity index (χ4v) is 1.30. The Morgan fingerprint density at radius 2 is 2.20 bits per heavy atom. The van der Waals surface area contributed by atoms with Crippen molar-refractivity contribution in [3.8, 4) is 5.75 Å². The van der Waals surface area contributed by atoms with Gasteiger partial charge in [-0.1, -0.05) is 19.1 Å². The molecular weight excluding hydrogens is 192 g/mol. The molecule has 1 rings (SSSR count). The van der Waals surface area contributed by atoms with Crippen molar-refractivity contribution in [3.05, 3.63) is 29.3 Å². The number of esters is 1. The molecule has 0 aliphatic heterocycles. The van der Waals surface area contributed by atoms with E-state index in [1.807, 2.05) is 19.9 Å². The van der Waals surface area contributed by atoms with Crippen LogP contribution < -0.4 is 4.74 Å². The molecule has 3 heteroatoms. The highest BCUT2D eigenvalue weighted by Crippen LogP contribution is 2.19. The van der Waals surface area contributed by atoms with Crippen LogP contribution in [0.15, 0.2) is 18.2 Å². The van der Waals surface area contributed by atoms with E-state index in [-0.39, 0.29) is 12.6 Å². The summed E-state index contributed by atoms with van der Waals surface area (Å²) >= 11 is 0. The third-order valence-electron chi connectivity index (χ3n) is 2.10. The van der Waals surface area contributed by atoms with Gasteiger partial charge in [0.2, 0.25) is 0 Å². The summed E-state index contributed by atoms with van der Waals surface area (Å²) in [6, 6.07) is 5.28. The summed E-state index contributed by atoms with van der Waals surface area (Å²) in [5.74, 6) is 0.364. The van der Waals surface area contributed by atoms with E-state index >= 15 is 0 Å². The van der Waals surface area contributed by atoms with Crippen molar-refractivity contribution in [2.45, 2.75) is 33.3 Å². The molecule has 0 aromatic heterocycles. The second kappa shape index (κ2) is 5.51. The van der Waals surface area contributed by atoms with E-state index in [9.17, 15) is 4.79 Å². The molecule has 0 atom stereocenters. The van der Waals surface area contributed by atoms with Crippen LogP contribution in [0, 0.1) is 6.92 Å². The lowest BCUT2D eigenvalue weighted by molar-refractivity contribution is -0.134. The quantitative estimate of drug-likeness (QED) is 0.609. The topological polar surface area (TPSA) is 46.5 Å². The predicted molar refractivity (Wildman–Crippen MR) is 57.6 cm³/mol. The largest absolute Gasteiger partial charge is 0.426 e. The Morgan fingerprint density at radius 3 is 2.73 bits per heavy atom. The summed E-state index contributed by atoms with van der Waals surface area (Å²) in [6.45, 7) is 3.79. The van der Waals surface area contributed by atoms with Crippen LogP contribution in [-0.2, 0) is 11.4 Å². The number of ether oxygens (including phenoxy) is 1. The molecule has 0 fully saturated rings. The van der Waals surface area contributed by atoms with Gasteiger partial charge in [0.05, 0.1) is 6.61 Å². The Hall–Kier alpha value is -1.35. The van der Waals surface area contributed by atoms with Gasteiger partial charge < -0.3 is 9.84 Å². The maximum absolute atomic E-state index is 11.2. The molecule has 0 saturated carbocycles. The Kier molecular flexibility index (Phi) is 4.31. The molecule has 0 radical (unpaired) electrons. The first kappa shape index (κ1) is 11.7. The van der Waals surface area contributed by atoms with Crippen molar-refractivity contribution in [1.82, 2.24) is 0 Å². The smallest absolute Gasteiger partial charge is 0.311 e. The van der Waals surface area contributed by atoms with E-state index in [4.69, 9.17) is 9.84 Å². The van der Waals surface area contributed by atoms with Gasteiger partial charge in [-0.25, -0.2) is 0 Å². The van der Waals surface area contributed by atoms with Crippen molar-refractivity contribution in [1.29, 1.82) is 0 Å². The van der Waals surface area contributed by atoms with Crippen molar-refractivity contribution in [2.75, 3.05) is 0 Å². The van der Waals surface area contributed by atoms with Crippen molar-refractivity contribution >= 4 is 5.97 Å². The summed E-state index contributed by atoms with van der Waals surface area (Å²) in [6.07, 6.45) is 1.22. The van der Waals surface area contributed by atoms with E-state index in [2.05, 4.69) is 0 Å². The molecule has 0 unspecified atom stereocenters. The Labute approximate surface area is 89.7 Å². The third-order valence-corrected chi connectivity index (χ3v) is 2.10. The molecule has 0 spiro atoms.